The minimum atomic E-state index is -1.43. The lowest BCUT2D eigenvalue weighted by Gasteiger charge is -2.40. The number of ether oxygens (including phenoxy) is 1. The predicted octanol–water partition coefficient (Wildman–Crippen LogP) is 2.36. The van der Waals surface area contributed by atoms with Gasteiger partial charge in [-0.15, -0.1) is 0 Å². The summed E-state index contributed by atoms with van der Waals surface area (Å²) in [4.78, 5) is 18.1. The third-order valence-corrected chi connectivity index (χ3v) is 4.96. The number of aryl methyl sites for hydroxylation is 2. The molecule has 5 nitrogen and oxygen atoms in total. The average molecular weight is 386 g/mol. The molecule has 0 bridgehead atoms. The Kier molecular flexibility index (Phi) is 4.93. The maximum atomic E-state index is 14.6. The summed E-state index contributed by atoms with van der Waals surface area (Å²) in [6, 6.07) is 2.58. The number of hydrogen-bond acceptors (Lipinski definition) is 5. The third-order valence-electron chi connectivity index (χ3n) is 4.96. The molecule has 0 amide bonds. The highest BCUT2D eigenvalue weighted by atomic mass is 19.1. The zero-order chi connectivity index (χ0) is 20.9. The van der Waals surface area contributed by atoms with Gasteiger partial charge in [-0.05, 0) is 44.2 Å². The van der Waals surface area contributed by atoms with Gasteiger partial charge in [-0.25, -0.2) is 28.7 Å². The molecule has 1 aliphatic rings. The average Bonchev–Trinajstić information content (AvgIpc) is 2.60. The number of aromatic nitrogens is 4. The maximum absolute atomic E-state index is 14.6. The van der Waals surface area contributed by atoms with Crippen LogP contribution in [0.15, 0.2) is 18.2 Å². The molecule has 1 aliphatic heterocycles. The van der Waals surface area contributed by atoms with Crippen molar-refractivity contribution in [1.29, 1.82) is 0 Å². The minimum absolute atomic E-state index is 0.0979. The van der Waals surface area contributed by atoms with Crippen LogP contribution in [0.3, 0.4) is 0 Å². The van der Waals surface area contributed by atoms with Gasteiger partial charge in [0.15, 0.2) is 5.65 Å². The molecule has 3 aromatic rings. The van der Waals surface area contributed by atoms with E-state index in [-0.39, 0.29) is 23.6 Å². The first kappa shape index (κ1) is 19.9. The quantitative estimate of drug-likeness (QED) is 0.634. The van der Waals surface area contributed by atoms with E-state index in [0.717, 1.165) is 12.1 Å². The fourth-order valence-corrected chi connectivity index (χ4v) is 3.50. The van der Waals surface area contributed by atoms with Crippen LogP contribution in [0, 0.1) is 25.5 Å². The van der Waals surface area contributed by atoms with Crippen molar-refractivity contribution in [2.24, 2.45) is 0 Å². The smallest absolute Gasteiger partial charge is 0.182 e. The van der Waals surface area contributed by atoms with Crippen molar-refractivity contribution in [2.45, 2.75) is 44.0 Å². The molecule has 6 radical (unpaired) electrons. The van der Waals surface area contributed by atoms with Gasteiger partial charge < -0.3 is 4.74 Å². The van der Waals surface area contributed by atoms with Gasteiger partial charge in [-0.1, -0.05) is 0 Å². The van der Waals surface area contributed by atoms with Crippen LogP contribution >= 0.6 is 0 Å². The molecule has 0 saturated carbocycles. The summed E-state index contributed by atoms with van der Waals surface area (Å²) < 4.78 is 33.4. The fraction of sp³-hybridized carbons (Fsp3) is 0.368. The van der Waals surface area contributed by atoms with Crippen LogP contribution in [0.5, 0.6) is 0 Å². The molecular weight excluding hydrogens is 371 g/mol. The molecule has 2 atom stereocenters. The van der Waals surface area contributed by atoms with Crippen LogP contribution in [0.25, 0.3) is 22.4 Å². The van der Waals surface area contributed by atoms with Crippen molar-refractivity contribution < 1.29 is 13.5 Å². The van der Waals surface area contributed by atoms with Gasteiger partial charge in [-0.3, -0.25) is 0 Å². The van der Waals surface area contributed by atoms with E-state index in [4.69, 9.17) is 28.3 Å². The molecule has 1 saturated heterocycles. The van der Waals surface area contributed by atoms with E-state index in [1.165, 1.54) is 6.07 Å². The van der Waals surface area contributed by atoms with Crippen LogP contribution in [-0.2, 0) is 4.74 Å². The molecule has 0 aliphatic carbocycles. The monoisotopic (exact) mass is 386 g/mol. The number of rotatable bonds is 2. The Morgan fingerprint density at radius 2 is 1.79 bits per heavy atom. The second-order valence-corrected chi connectivity index (χ2v) is 7.37. The van der Waals surface area contributed by atoms with Crippen molar-refractivity contribution in [3.05, 3.63) is 47.0 Å². The first-order chi connectivity index (χ1) is 13.6. The van der Waals surface area contributed by atoms with Gasteiger partial charge in [0.25, 0.3) is 0 Å². The number of fused-ring (bicyclic) bond motifs is 1. The van der Waals surface area contributed by atoms with Crippen molar-refractivity contribution in [3.63, 3.8) is 0 Å². The molecule has 0 spiro atoms. The Hall–Kier alpha value is -2.35. The second-order valence-electron chi connectivity index (χ2n) is 7.37. The van der Waals surface area contributed by atoms with Crippen molar-refractivity contribution in [2.75, 3.05) is 0 Å². The lowest BCUT2D eigenvalue weighted by molar-refractivity contribution is 0.00134. The fourth-order valence-electron chi connectivity index (χ4n) is 3.50. The Balaban J connectivity index is 1.94. The van der Waals surface area contributed by atoms with Gasteiger partial charge in [0, 0.05) is 23.6 Å². The van der Waals surface area contributed by atoms with Gasteiger partial charge in [0.2, 0.25) is 0 Å². The standard InChI is InChI=1S/C19H15B3F2N4O/c1-8-9(2)26-18-16(25-8)15(12-4-3-11(23)6-13(12)24)27-17(28-18)10-5-14(20)29-19(21,22)7-10/h3-4,6,10,14H,5,7H2,1-2H3. The highest BCUT2D eigenvalue weighted by Crippen LogP contribution is 2.36. The lowest BCUT2D eigenvalue weighted by Crippen LogP contribution is -2.45. The maximum Gasteiger partial charge on any atom is 0.182 e. The van der Waals surface area contributed by atoms with E-state index in [2.05, 4.69) is 19.9 Å². The summed E-state index contributed by atoms with van der Waals surface area (Å²) in [7, 11) is 17.8. The molecule has 2 aromatic heterocycles. The van der Waals surface area contributed by atoms with Crippen molar-refractivity contribution in [1.82, 2.24) is 19.9 Å². The Morgan fingerprint density at radius 1 is 1.07 bits per heavy atom. The Bertz CT molecular complexity index is 1110. The van der Waals surface area contributed by atoms with E-state index >= 15 is 0 Å². The van der Waals surface area contributed by atoms with Crippen LogP contribution in [0.1, 0.15) is 36.0 Å². The SMILES string of the molecule is [B]C1CC(c2nc(-c3ccc(F)cc3F)c3nc(C)c(C)nc3n2)CC([B])([B])O1. The van der Waals surface area contributed by atoms with E-state index < -0.39 is 23.0 Å². The molecule has 10 heteroatoms. The summed E-state index contributed by atoms with van der Waals surface area (Å²) >= 11 is 0. The molecule has 1 aromatic carbocycles. The summed E-state index contributed by atoms with van der Waals surface area (Å²) in [5.74, 6) is -1.42. The summed E-state index contributed by atoms with van der Waals surface area (Å²) in [5.41, 5.74) is 2.29. The summed E-state index contributed by atoms with van der Waals surface area (Å²) in [6.45, 7) is 3.59. The van der Waals surface area contributed by atoms with E-state index in [0.29, 0.717) is 34.8 Å². The zero-order valence-corrected chi connectivity index (χ0v) is 16.0. The van der Waals surface area contributed by atoms with E-state index in [1.807, 2.05) is 0 Å². The van der Waals surface area contributed by atoms with Crippen molar-refractivity contribution in [3.8, 4) is 11.3 Å². The number of nitrogens with zero attached hydrogens (tertiary/aromatic N) is 4. The van der Waals surface area contributed by atoms with Crippen molar-refractivity contribution >= 4 is 34.7 Å². The van der Waals surface area contributed by atoms with Crippen LogP contribution in [-0.4, -0.2) is 54.9 Å². The zero-order valence-electron chi connectivity index (χ0n) is 16.0. The first-order valence-electron chi connectivity index (χ1n) is 9.12. The van der Waals surface area contributed by atoms with Crippen LogP contribution in [0.4, 0.5) is 8.78 Å². The van der Waals surface area contributed by atoms with Gasteiger partial charge in [0.05, 0.1) is 27.1 Å². The molecule has 2 unspecified atom stereocenters. The molecular formula is C19H15B3F2N4O. The Labute approximate surface area is 170 Å². The van der Waals surface area contributed by atoms with Gasteiger partial charge in [0.1, 0.15) is 36.5 Å². The number of hydrogen-bond donors (Lipinski definition) is 0. The van der Waals surface area contributed by atoms with Gasteiger partial charge in [-0.2, -0.15) is 0 Å². The van der Waals surface area contributed by atoms with Crippen LogP contribution < -0.4 is 0 Å². The van der Waals surface area contributed by atoms with Gasteiger partial charge >= 0.3 is 0 Å². The first-order valence-corrected chi connectivity index (χ1v) is 9.12. The second kappa shape index (κ2) is 7.16. The topological polar surface area (TPSA) is 60.8 Å². The molecule has 4 rings (SSSR count). The summed E-state index contributed by atoms with van der Waals surface area (Å²) in [5, 5.41) is -1.43. The molecule has 0 N–H and O–H groups in total. The summed E-state index contributed by atoms with van der Waals surface area (Å²) in [6.07, 6.45) is 0.598. The van der Waals surface area contributed by atoms with E-state index in [1.54, 1.807) is 13.8 Å². The lowest BCUT2D eigenvalue weighted by atomic mass is 9.58. The molecule has 140 valence electrons. The van der Waals surface area contributed by atoms with E-state index in [9.17, 15) is 8.78 Å². The predicted molar refractivity (Wildman–Crippen MR) is 107 cm³/mol. The third kappa shape index (κ3) is 3.90. The Morgan fingerprint density at radius 3 is 2.48 bits per heavy atom. The largest absolute Gasteiger partial charge is 0.401 e. The highest BCUT2D eigenvalue weighted by molar-refractivity contribution is 6.39. The molecule has 1 fully saturated rings. The number of halogens is 2. The minimum Gasteiger partial charge on any atom is -0.401 e. The highest BCUT2D eigenvalue weighted by Gasteiger charge is 2.34. The number of benzene rings is 1. The normalized spacial score (nSPS) is 21.4. The molecule has 3 heterocycles. The van der Waals surface area contributed by atoms with Crippen LogP contribution in [0.2, 0.25) is 0 Å². The molecule has 29 heavy (non-hydrogen) atoms.